The van der Waals surface area contributed by atoms with Crippen molar-refractivity contribution in [3.63, 3.8) is 0 Å². The molecule has 22 heavy (non-hydrogen) atoms. The Balaban J connectivity index is 0.00000242. The van der Waals surface area contributed by atoms with Crippen LogP contribution in [0.2, 0.25) is 0 Å². The van der Waals surface area contributed by atoms with Crippen molar-refractivity contribution in [1.29, 1.82) is 0 Å². The molecule has 1 saturated heterocycles. The lowest BCUT2D eigenvalue weighted by Gasteiger charge is -2.32. The average Bonchev–Trinajstić information content (AvgIpc) is 3.27. The van der Waals surface area contributed by atoms with Crippen LogP contribution in [0.5, 0.6) is 0 Å². The van der Waals surface area contributed by atoms with E-state index in [1.807, 2.05) is 7.05 Å². The number of piperidine rings is 1. The lowest BCUT2D eigenvalue weighted by Crippen LogP contribution is -2.49. The Labute approximate surface area is 150 Å². The van der Waals surface area contributed by atoms with E-state index in [1.165, 1.54) is 25.7 Å². The molecule has 7 heteroatoms. The zero-order valence-corrected chi connectivity index (χ0v) is 15.8. The summed E-state index contributed by atoms with van der Waals surface area (Å²) in [4.78, 5) is 17.3. The fraction of sp³-hybridized carbons (Fsp3) is 0.867. The van der Waals surface area contributed by atoms with Gasteiger partial charge in [0.1, 0.15) is 0 Å². The number of nitrogens with zero attached hydrogens (tertiary/aromatic N) is 2. The molecule has 1 saturated carbocycles. The molecule has 0 spiro atoms. The third-order valence-corrected chi connectivity index (χ3v) is 4.31. The molecule has 0 aromatic heterocycles. The smallest absolute Gasteiger partial charge is 0.231 e. The van der Waals surface area contributed by atoms with Crippen LogP contribution < -0.4 is 16.4 Å². The van der Waals surface area contributed by atoms with Crippen molar-refractivity contribution in [3.05, 3.63) is 0 Å². The Morgan fingerprint density at radius 3 is 2.50 bits per heavy atom. The summed E-state index contributed by atoms with van der Waals surface area (Å²) in [5.74, 6) is 1.66. The molecular formula is C15H30IN5O. The zero-order chi connectivity index (χ0) is 15.1. The van der Waals surface area contributed by atoms with E-state index in [2.05, 4.69) is 20.5 Å². The number of halogens is 1. The van der Waals surface area contributed by atoms with E-state index >= 15 is 0 Å². The summed E-state index contributed by atoms with van der Waals surface area (Å²) in [5.41, 5.74) is 5.23. The van der Waals surface area contributed by atoms with Gasteiger partial charge in [-0.1, -0.05) is 12.8 Å². The second kappa shape index (κ2) is 10.3. The summed E-state index contributed by atoms with van der Waals surface area (Å²) in [6, 6.07) is 0.434. The number of hydrogen-bond acceptors (Lipinski definition) is 3. The van der Waals surface area contributed by atoms with Crippen molar-refractivity contribution in [2.75, 3.05) is 33.2 Å². The van der Waals surface area contributed by atoms with Gasteiger partial charge in [-0.15, -0.1) is 24.0 Å². The van der Waals surface area contributed by atoms with Gasteiger partial charge < -0.3 is 16.4 Å². The van der Waals surface area contributed by atoms with Gasteiger partial charge in [-0.2, -0.15) is 0 Å². The molecule has 2 aliphatic rings. The summed E-state index contributed by atoms with van der Waals surface area (Å²) in [5, 5.41) is 6.87. The minimum absolute atomic E-state index is 0. The summed E-state index contributed by atoms with van der Waals surface area (Å²) >= 11 is 0. The first-order valence-corrected chi connectivity index (χ1v) is 8.15. The molecular weight excluding hydrogens is 393 g/mol. The number of hydrogen-bond donors (Lipinski definition) is 3. The van der Waals surface area contributed by atoms with E-state index in [-0.39, 0.29) is 29.9 Å². The molecule has 6 nitrogen and oxygen atoms in total. The van der Waals surface area contributed by atoms with E-state index in [9.17, 15) is 4.79 Å². The number of rotatable bonds is 7. The second-order valence-electron chi connectivity index (χ2n) is 6.25. The number of likely N-dealkylation sites (tertiary alicyclic amines) is 1. The van der Waals surface area contributed by atoms with Gasteiger partial charge in [0.15, 0.2) is 5.96 Å². The number of carbonyl (C=O) groups excluding carboxylic acids is 1. The zero-order valence-electron chi connectivity index (χ0n) is 13.5. The molecule has 1 aliphatic heterocycles. The Morgan fingerprint density at radius 1 is 1.27 bits per heavy atom. The second-order valence-corrected chi connectivity index (χ2v) is 6.25. The highest BCUT2D eigenvalue weighted by atomic mass is 127. The maximum Gasteiger partial charge on any atom is 0.231 e. The lowest BCUT2D eigenvalue weighted by atomic mass is 10.1. The van der Waals surface area contributed by atoms with E-state index in [4.69, 9.17) is 5.73 Å². The Morgan fingerprint density at radius 2 is 1.95 bits per heavy atom. The van der Waals surface area contributed by atoms with E-state index in [0.29, 0.717) is 12.6 Å². The SMILES string of the molecule is CN=C(NCCCC1CC1)NC1CCN(CC(N)=O)CC1.I. The molecule has 0 unspecified atom stereocenters. The van der Waals surface area contributed by atoms with Crippen LogP contribution in [0, 0.1) is 5.92 Å². The monoisotopic (exact) mass is 423 g/mol. The molecule has 4 N–H and O–H groups in total. The minimum Gasteiger partial charge on any atom is -0.369 e. The van der Waals surface area contributed by atoms with Crippen molar-refractivity contribution in [3.8, 4) is 0 Å². The van der Waals surface area contributed by atoms with Crippen LogP contribution in [0.15, 0.2) is 4.99 Å². The van der Waals surface area contributed by atoms with E-state index in [1.54, 1.807) is 0 Å². The third kappa shape index (κ3) is 7.62. The predicted molar refractivity (Wildman–Crippen MR) is 101 cm³/mol. The third-order valence-electron chi connectivity index (χ3n) is 4.31. The Kier molecular flexibility index (Phi) is 9.08. The van der Waals surface area contributed by atoms with Crippen LogP contribution in [0.25, 0.3) is 0 Å². The van der Waals surface area contributed by atoms with Crippen LogP contribution in [-0.2, 0) is 4.79 Å². The maximum absolute atomic E-state index is 10.9. The molecule has 2 fully saturated rings. The summed E-state index contributed by atoms with van der Waals surface area (Å²) in [6.45, 7) is 3.20. The van der Waals surface area contributed by atoms with Gasteiger partial charge in [0.05, 0.1) is 6.54 Å². The summed E-state index contributed by atoms with van der Waals surface area (Å²) in [7, 11) is 1.82. The molecule has 0 aromatic rings. The van der Waals surface area contributed by atoms with Crippen LogP contribution in [0.4, 0.5) is 0 Å². The minimum atomic E-state index is -0.241. The van der Waals surface area contributed by atoms with E-state index < -0.39 is 0 Å². The molecule has 128 valence electrons. The van der Waals surface area contributed by atoms with Gasteiger partial charge in [0.2, 0.25) is 5.91 Å². The molecule has 0 aromatic carbocycles. The summed E-state index contributed by atoms with van der Waals surface area (Å²) < 4.78 is 0. The first-order valence-electron chi connectivity index (χ1n) is 8.15. The number of primary amides is 1. The highest BCUT2D eigenvalue weighted by Gasteiger charge is 2.21. The van der Waals surface area contributed by atoms with Crippen molar-refractivity contribution in [1.82, 2.24) is 15.5 Å². The number of nitrogens with two attached hydrogens (primary N) is 1. The highest BCUT2D eigenvalue weighted by molar-refractivity contribution is 14.0. The Hall–Kier alpha value is -0.570. The van der Waals surface area contributed by atoms with Gasteiger partial charge in [-0.05, 0) is 31.6 Å². The molecule has 2 rings (SSSR count). The fourth-order valence-electron chi connectivity index (χ4n) is 2.85. The van der Waals surface area contributed by atoms with Crippen LogP contribution in [0.3, 0.4) is 0 Å². The van der Waals surface area contributed by atoms with Gasteiger partial charge in [0, 0.05) is 32.7 Å². The van der Waals surface area contributed by atoms with Crippen molar-refractivity contribution in [2.45, 2.75) is 44.6 Å². The van der Waals surface area contributed by atoms with Gasteiger partial charge in [-0.3, -0.25) is 14.7 Å². The van der Waals surface area contributed by atoms with Gasteiger partial charge in [-0.25, -0.2) is 0 Å². The number of nitrogens with one attached hydrogen (secondary N) is 2. The standard InChI is InChI=1S/C15H29N5O.HI/c1-17-15(18-8-2-3-12-4-5-12)19-13-6-9-20(10-7-13)11-14(16)21;/h12-13H,2-11H2,1H3,(H2,16,21)(H2,17,18,19);1H. The lowest BCUT2D eigenvalue weighted by molar-refractivity contribution is -0.119. The van der Waals surface area contributed by atoms with Crippen molar-refractivity contribution >= 4 is 35.8 Å². The number of amides is 1. The summed E-state index contributed by atoms with van der Waals surface area (Å²) in [6.07, 6.45) is 7.47. The normalized spacial score (nSPS) is 20.3. The first kappa shape index (κ1) is 19.5. The average molecular weight is 423 g/mol. The largest absolute Gasteiger partial charge is 0.369 e. The Bertz CT molecular complexity index is 365. The predicted octanol–water partition coefficient (Wildman–Crippen LogP) is 0.909. The van der Waals surface area contributed by atoms with Crippen molar-refractivity contribution in [2.24, 2.45) is 16.6 Å². The molecule has 0 radical (unpaired) electrons. The van der Waals surface area contributed by atoms with Crippen LogP contribution in [0.1, 0.15) is 38.5 Å². The van der Waals surface area contributed by atoms with E-state index in [0.717, 1.165) is 44.4 Å². The maximum atomic E-state index is 10.9. The highest BCUT2D eigenvalue weighted by Crippen LogP contribution is 2.33. The molecule has 0 bridgehead atoms. The quantitative estimate of drug-likeness (QED) is 0.246. The van der Waals surface area contributed by atoms with Gasteiger partial charge >= 0.3 is 0 Å². The van der Waals surface area contributed by atoms with Crippen LogP contribution >= 0.6 is 24.0 Å². The molecule has 0 atom stereocenters. The molecule has 1 heterocycles. The number of carbonyl (C=O) groups is 1. The molecule has 1 aliphatic carbocycles. The number of guanidine groups is 1. The fourth-order valence-corrected chi connectivity index (χ4v) is 2.85. The molecule has 1 amide bonds. The number of aliphatic imine (C=N–C) groups is 1. The van der Waals surface area contributed by atoms with Crippen LogP contribution in [-0.4, -0.2) is 56.0 Å². The topological polar surface area (TPSA) is 82.8 Å². The van der Waals surface area contributed by atoms with Crippen molar-refractivity contribution < 1.29 is 4.79 Å². The first-order chi connectivity index (χ1) is 10.2. The van der Waals surface area contributed by atoms with Gasteiger partial charge in [0.25, 0.3) is 0 Å².